The van der Waals surface area contributed by atoms with Crippen LogP contribution >= 0.6 is 0 Å². The smallest absolute Gasteiger partial charge is 0.353 e. The Morgan fingerprint density at radius 2 is 1.95 bits per heavy atom. The average Bonchev–Trinajstić information content (AvgIpc) is 2.94. The van der Waals surface area contributed by atoms with Gasteiger partial charge in [0, 0.05) is 18.0 Å². The molecule has 1 aliphatic heterocycles. The Labute approximate surface area is 120 Å². The number of hydrazone groups is 1. The molecule has 106 valence electrons. The van der Waals surface area contributed by atoms with E-state index in [1.807, 2.05) is 0 Å². The predicted octanol–water partition coefficient (Wildman–Crippen LogP) is 1.55. The minimum Gasteiger partial charge on any atom is -0.477 e. The van der Waals surface area contributed by atoms with Gasteiger partial charge in [0.15, 0.2) is 5.71 Å². The number of pyridine rings is 1. The second-order valence-corrected chi connectivity index (χ2v) is 4.72. The van der Waals surface area contributed by atoms with Gasteiger partial charge in [0.05, 0.1) is 12.0 Å². The molecule has 0 amide bonds. The molecule has 5 nitrogen and oxygen atoms in total. The van der Waals surface area contributed by atoms with Gasteiger partial charge in [0.2, 0.25) is 0 Å². The van der Waals surface area contributed by atoms with Crippen molar-refractivity contribution in [2.45, 2.75) is 5.41 Å². The minimum atomic E-state index is -1.18. The van der Waals surface area contributed by atoms with E-state index in [2.05, 4.69) is 15.5 Å². The lowest BCUT2D eigenvalue weighted by Gasteiger charge is -2.29. The summed E-state index contributed by atoms with van der Waals surface area (Å²) in [6.07, 6.45) is 3.10. The van der Waals surface area contributed by atoms with Gasteiger partial charge < -0.3 is 10.5 Å². The summed E-state index contributed by atoms with van der Waals surface area (Å²) in [5, 5.41) is 13.3. The standard InChI is InChI=1S/C15H12FN3O2/c16-12-4-2-1-3-11(12)15(10-5-7-17-8-6-10)9-18-19-13(15)14(20)21/h1-8,18H,9H2,(H,20,21). The number of carboxylic acid groups (broad SMARTS) is 1. The van der Waals surface area contributed by atoms with Gasteiger partial charge in [-0.2, -0.15) is 5.10 Å². The monoisotopic (exact) mass is 285 g/mol. The molecule has 1 aliphatic rings. The number of carboxylic acids is 1. The lowest BCUT2D eigenvalue weighted by molar-refractivity contribution is -0.129. The lowest BCUT2D eigenvalue weighted by atomic mass is 9.71. The molecule has 0 spiro atoms. The van der Waals surface area contributed by atoms with Crippen LogP contribution in [0.15, 0.2) is 53.9 Å². The molecule has 2 N–H and O–H groups in total. The Hall–Kier alpha value is -2.76. The molecule has 0 radical (unpaired) electrons. The van der Waals surface area contributed by atoms with Crippen molar-refractivity contribution < 1.29 is 14.3 Å². The zero-order valence-corrected chi connectivity index (χ0v) is 11.0. The van der Waals surface area contributed by atoms with E-state index in [0.717, 1.165) is 0 Å². The van der Waals surface area contributed by atoms with Crippen molar-refractivity contribution in [2.75, 3.05) is 6.54 Å². The van der Waals surface area contributed by atoms with Crippen molar-refractivity contribution >= 4 is 11.7 Å². The van der Waals surface area contributed by atoms with Gasteiger partial charge in [-0.05, 0) is 23.8 Å². The summed E-state index contributed by atoms with van der Waals surface area (Å²) in [7, 11) is 0. The van der Waals surface area contributed by atoms with Crippen LogP contribution in [0.1, 0.15) is 11.1 Å². The molecule has 2 heterocycles. The number of carbonyl (C=O) groups is 1. The lowest BCUT2D eigenvalue weighted by Crippen LogP contribution is -2.43. The molecule has 0 bridgehead atoms. The Balaban J connectivity index is 2.30. The van der Waals surface area contributed by atoms with E-state index in [0.29, 0.717) is 5.56 Å². The first kappa shape index (κ1) is 13.2. The zero-order valence-electron chi connectivity index (χ0n) is 11.0. The number of hydrogen-bond donors (Lipinski definition) is 2. The second-order valence-electron chi connectivity index (χ2n) is 4.72. The highest BCUT2D eigenvalue weighted by atomic mass is 19.1. The van der Waals surface area contributed by atoms with E-state index in [1.54, 1.807) is 42.7 Å². The number of benzene rings is 1. The van der Waals surface area contributed by atoms with Crippen molar-refractivity contribution in [3.63, 3.8) is 0 Å². The fourth-order valence-corrected chi connectivity index (χ4v) is 2.71. The van der Waals surface area contributed by atoms with E-state index in [1.165, 1.54) is 6.07 Å². The van der Waals surface area contributed by atoms with Crippen molar-refractivity contribution in [3.8, 4) is 0 Å². The highest BCUT2D eigenvalue weighted by Gasteiger charge is 2.48. The maximum atomic E-state index is 14.3. The van der Waals surface area contributed by atoms with E-state index in [4.69, 9.17) is 0 Å². The maximum absolute atomic E-state index is 14.3. The largest absolute Gasteiger partial charge is 0.477 e. The molecular weight excluding hydrogens is 273 g/mol. The van der Waals surface area contributed by atoms with Crippen molar-refractivity contribution in [1.29, 1.82) is 0 Å². The van der Waals surface area contributed by atoms with E-state index >= 15 is 0 Å². The summed E-state index contributed by atoms with van der Waals surface area (Å²) < 4.78 is 14.3. The molecule has 0 saturated heterocycles. The maximum Gasteiger partial charge on any atom is 0.353 e. The summed E-state index contributed by atoms with van der Waals surface area (Å²) in [5.74, 6) is -1.65. The van der Waals surface area contributed by atoms with Gasteiger partial charge in [0.25, 0.3) is 0 Å². The third-order valence-electron chi connectivity index (χ3n) is 3.65. The molecule has 0 saturated carbocycles. The summed E-state index contributed by atoms with van der Waals surface area (Å²) in [6.45, 7) is 0.180. The number of nitrogens with one attached hydrogen (secondary N) is 1. The topological polar surface area (TPSA) is 74.6 Å². The quantitative estimate of drug-likeness (QED) is 0.897. The van der Waals surface area contributed by atoms with Crippen LogP contribution < -0.4 is 5.43 Å². The summed E-state index contributed by atoms with van der Waals surface area (Å²) >= 11 is 0. The van der Waals surface area contributed by atoms with Crippen LogP contribution in [-0.4, -0.2) is 28.3 Å². The summed E-state index contributed by atoms with van der Waals surface area (Å²) in [5.41, 5.74) is 2.31. The molecule has 1 aromatic carbocycles. The van der Waals surface area contributed by atoms with E-state index in [9.17, 15) is 14.3 Å². The van der Waals surface area contributed by atoms with Crippen LogP contribution in [0.5, 0.6) is 0 Å². The molecule has 2 aromatic rings. The van der Waals surface area contributed by atoms with Crippen LogP contribution in [0.3, 0.4) is 0 Å². The van der Waals surface area contributed by atoms with Crippen molar-refractivity contribution in [3.05, 3.63) is 65.7 Å². The van der Waals surface area contributed by atoms with Gasteiger partial charge in [-0.25, -0.2) is 9.18 Å². The molecule has 1 unspecified atom stereocenters. The third kappa shape index (κ3) is 1.96. The van der Waals surface area contributed by atoms with Gasteiger partial charge in [-0.1, -0.05) is 18.2 Å². The molecule has 21 heavy (non-hydrogen) atoms. The number of halogens is 1. The Morgan fingerprint density at radius 3 is 2.62 bits per heavy atom. The highest BCUT2D eigenvalue weighted by molar-refractivity contribution is 6.40. The zero-order chi connectivity index (χ0) is 14.9. The Morgan fingerprint density at radius 1 is 1.24 bits per heavy atom. The van der Waals surface area contributed by atoms with Gasteiger partial charge in [0.1, 0.15) is 5.82 Å². The molecule has 3 rings (SSSR count). The van der Waals surface area contributed by atoms with Crippen molar-refractivity contribution in [2.24, 2.45) is 5.10 Å². The molecule has 1 atom stereocenters. The third-order valence-corrected chi connectivity index (χ3v) is 3.65. The minimum absolute atomic E-state index is 0.126. The molecule has 1 aromatic heterocycles. The molecule has 6 heteroatoms. The SMILES string of the molecule is O=C(O)C1=NNCC1(c1ccncc1)c1ccccc1F. The van der Waals surface area contributed by atoms with Gasteiger partial charge in [-0.15, -0.1) is 0 Å². The van der Waals surface area contributed by atoms with Crippen LogP contribution in [0.2, 0.25) is 0 Å². The Kier molecular flexibility index (Phi) is 3.13. The highest BCUT2D eigenvalue weighted by Crippen LogP contribution is 2.37. The van der Waals surface area contributed by atoms with Crippen LogP contribution in [-0.2, 0) is 10.2 Å². The summed E-state index contributed by atoms with van der Waals surface area (Å²) in [6, 6.07) is 9.51. The Bertz CT molecular complexity index is 718. The van der Waals surface area contributed by atoms with E-state index < -0.39 is 17.2 Å². The summed E-state index contributed by atoms with van der Waals surface area (Å²) in [4.78, 5) is 15.5. The van der Waals surface area contributed by atoms with Gasteiger partial charge in [-0.3, -0.25) is 4.98 Å². The average molecular weight is 285 g/mol. The van der Waals surface area contributed by atoms with Crippen LogP contribution in [0, 0.1) is 5.82 Å². The van der Waals surface area contributed by atoms with Crippen molar-refractivity contribution in [1.82, 2.24) is 10.4 Å². The van der Waals surface area contributed by atoms with E-state index in [-0.39, 0.29) is 17.8 Å². The number of rotatable bonds is 3. The first-order chi connectivity index (χ1) is 10.2. The molecular formula is C15H12FN3O2. The number of aromatic nitrogens is 1. The van der Waals surface area contributed by atoms with Crippen LogP contribution in [0.25, 0.3) is 0 Å². The number of nitrogens with zero attached hydrogens (tertiary/aromatic N) is 2. The fraction of sp³-hybridized carbons (Fsp3) is 0.133. The normalized spacial score (nSPS) is 20.7. The first-order valence-corrected chi connectivity index (χ1v) is 6.36. The fourth-order valence-electron chi connectivity index (χ4n) is 2.71. The first-order valence-electron chi connectivity index (χ1n) is 6.36. The molecule has 0 fully saturated rings. The predicted molar refractivity (Wildman–Crippen MR) is 74.5 cm³/mol. The number of hydrogen-bond acceptors (Lipinski definition) is 4. The second kappa shape index (κ2) is 4.97. The van der Waals surface area contributed by atoms with Crippen LogP contribution in [0.4, 0.5) is 4.39 Å². The number of aliphatic carboxylic acids is 1. The van der Waals surface area contributed by atoms with Gasteiger partial charge >= 0.3 is 5.97 Å². The molecule has 0 aliphatic carbocycles.